The van der Waals surface area contributed by atoms with E-state index in [1.54, 1.807) is 18.3 Å². The number of cyclic esters (lactones) is 1. The number of benzene rings is 1. The number of rotatable bonds is 10. The second-order valence-corrected chi connectivity index (χ2v) is 8.50. The lowest BCUT2D eigenvalue weighted by Crippen LogP contribution is -2.29. The summed E-state index contributed by atoms with van der Waals surface area (Å²) < 4.78 is 16.3. The van der Waals surface area contributed by atoms with Gasteiger partial charge in [-0.3, -0.25) is 9.69 Å². The minimum atomic E-state index is -0.465. The van der Waals surface area contributed by atoms with Gasteiger partial charge in [0.15, 0.2) is 18.2 Å². The molecule has 0 bridgehead atoms. The third kappa shape index (κ3) is 5.93. The van der Waals surface area contributed by atoms with Gasteiger partial charge in [-0.1, -0.05) is 18.2 Å². The monoisotopic (exact) mass is 505 g/mol. The van der Waals surface area contributed by atoms with E-state index in [2.05, 4.69) is 31.7 Å². The first kappa shape index (κ1) is 24.4. The molecule has 37 heavy (non-hydrogen) atoms. The van der Waals surface area contributed by atoms with E-state index in [-0.39, 0.29) is 18.6 Å². The van der Waals surface area contributed by atoms with Crippen molar-refractivity contribution < 1.29 is 23.8 Å². The highest BCUT2D eigenvalue weighted by Gasteiger charge is 2.33. The molecule has 2 aromatic heterocycles. The van der Waals surface area contributed by atoms with Crippen LogP contribution in [0.5, 0.6) is 11.8 Å². The molecule has 12 nitrogen and oxygen atoms in total. The number of hydrogen-bond acceptors (Lipinski definition) is 10. The lowest BCUT2D eigenvalue weighted by atomic mass is 10.1. The fourth-order valence-electron chi connectivity index (χ4n) is 4.02. The normalized spacial score (nSPS) is 16.6. The molecule has 1 saturated heterocycles. The number of fused-ring (bicyclic) bond motifs is 1. The molecule has 1 fully saturated rings. The molecule has 1 atom stereocenters. The Morgan fingerprint density at radius 1 is 1.19 bits per heavy atom. The Balaban J connectivity index is 1.12. The van der Waals surface area contributed by atoms with Gasteiger partial charge in [-0.25, -0.2) is 14.8 Å². The second-order valence-electron chi connectivity index (χ2n) is 8.50. The Hall–Kier alpha value is -4.29. The summed E-state index contributed by atoms with van der Waals surface area (Å²) in [5.41, 5.74) is 8.29. The van der Waals surface area contributed by atoms with Crippen molar-refractivity contribution in [1.82, 2.24) is 20.3 Å². The number of amides is 2. The van der Waals surface area contributed by atoms with Gasteiger partial charge >= 0.3 is 12.1 Å². The second kappa shape index (κ2) is 11.2. The molecule has 5 rings (SSSR count). The molecule has 0 unspecified atom stereocenters. The molecule has 4 heterocycles. The zero-order valence-corrected chi connectivity index (χ0v) is 20.1. The van der Waals surface area contributed by atoms with E-state index in [0.717, 1.165) is 16.8 Å². The van der Waals surface area contributed by atoms with Crippen molar-refractivity contribution in [2.45, 2.75) is 19.1 Å². The van der Waals surface area contributed by atoms with Crippen LogP contribution in [0.2, 0.25) is 0 Å². The average molecular weight is 506 g/mol. The lowest BCUT2D eigenvalue weighted by molar-refractivity contribution is -0.118. The van der Waals surface area contributed by atoms with Crippen LogP contribution in [0.15, 0.2) is 48.7 Å². The Morgan fingerprint density at radius 2 is 2.11 bits per heavy atom. The first-order valence-corrected chi connectivity index (χ1v) is 12.0. The third-order valence-electron chi connectivity index (χ3n) is 5.79. The summed E-state index contributed by atoms with van der Waals surface area (Å²) in [4.78, 5) is 38.3. The molecule has 2 aliphatic heterocycles. The molecule has 192 valence electrons. The molecule has 4 N–H and O–H groups in total. The number of carbonyl (C=O) groups excluding carboxylic acids is 2. The van der Waals surface area contributed by atoms with Gasteiger partial charge in [-0.05, 0) is 42.8 Å². The highest BCUT2D eigenvalue weighted by atomic mass is 16.6. The van der Waals surface area contributed by atoms with Crippen molar-refractivity contribution >= 4 is 23.6 Å². The van der Waals surface area contributed by atoms with Gasteiger partial charge in [0.1, 0.15) is 18.5 Å². The van der Waals surface area contributed by atoms with Gasteiger partial charge in [-0.15, -0.1) is 0 Å². The van der Waals surface area contributed by atoms with Crippen LogP contribution in [0.3, 0.4) is 0 Å². The van der Waals surface area contributed by atoms with Crippen molar-refractivity contribution in [2.75, 3.05) is 43.1 Å². The zero-order valence-electron chi connectivity index (χ0n) is 20.1. The lowest BCUT2D eigenvalue weighted by Gasteiger charge is -2.19. The maximum absolute atomic E-state index is 12.4. The van der Waals surface area contributed by atoms with Crippen molar-refractivity contribution in [1.29, 1.82) is 0 Å². The van der Waals surface area contributed by atoms with Gasteiger partial charge in [0, 0.05) is 24.8 Å². The highest BCUT2D eigenvalue weighted by molar-refractivity contribution is 5.95. The fraction of sp³-hybridized carbons (Fsp3) is 0.320. The third-order valence-corrected chi connectivity index (χ3v) is 5.79. The molecule has 2 amide bonds. The van der Waals surface area contributed by atoms with E-state index in [0.29, 0.717) is 62.6 Å². The number of aromatic nitrogens is 3. The number of hydrogen-bond donors (Lipinski definition) is 3. The standard InChI is InChI=1S/C25H27N7O5/c26-8-11-35-24-28-10-7-19(29-24)17-3-1-2-16(12-17)13-27-9-6-18-14-32(25(34)37-18)21-5-4-20-23(30-21)31-22(33)15-36-20/h1-5,7,10,12,18,27H,6,8-9,11,13-15,26H2,(H,30,31,33)/t18-/m0/s1. The fourth-order valence-corrected chi connectivity index (χ4v) is 4.02. The molecular formula is C25H27N7O5. The van der Waals surface area contributed by atoms with Crippen LogP contribution in [0.1, 0.15) is 12.0 Å². The minimum absolute atomic E-state index is 0.0507. The van der Waals surface area contributed by atoms with Crippen molar-refractivity contribution in [2.24, 2.45) is 5.73 Å². The first-order chi connectivity index (χ1) is 18.1. The maximum Gasteiger partial charge on any atom is 0.415 e. The summed E-state index contributed by atoms with van der Waals surface area (Å²) in [5.74, 6) is 0.896. The van der Waals surface area contributed by atoms with E-state index in [4.69, 9.17) is 19.9 Å². The molecule has 0 spiro atoms. The van der Waals surface area contributed by atoms with Crippen molar-refractivity contribution in [3.8, 4) is 23.0 Å². The van der Waals surface area contributed by atoms with Crippen molar-refractivity contribution in [3.63, 3.8) is 0 Å². The number of pyridine rings is 1. The number of anilines is 2. The van der Waals surface area contributed by atoms with E-state index < -0.39 is 6.09 Å². The summed E-state index contributed by atoms with van der Waals surface area (Å²) in [5, 5.41) is 6.05. The molecule has 12 heteroatoms. The van der Waals surface area contributed by atoms with E-state index in [1.165, 1.54) is 4.90 Å². The van der Waals surface area contributed by atoms with Crippen LogP contribution in [0.4, 0.5) is 16.4 Å². The van der Waals surface area contributed by atoms with Crippen LogP contribution in [-0.2, 0) is 16.1 Å². The highest BCUT2D eigenvalue weighted by Crippen LogP contribution is 2.30. The van der Waals surface area contributed by atoms with E-state index >= 15 is 0 Å². The number of nitrogens with two attached hydrogens (primary N) is 1. The van der Waals surface area contributed by atoms with Crippen LogP contribution >= 0.6 is 0 Å². The quantitative estimate of drug-likeness (QED) is 0.347. The summed E-state index contributed by atoms with van der Waals surface area (Å²) in [6.07, 6.45) is 1.56. The molecule has 2 aliphatic rings. The molecule has 3 aromatic rings. The van der Waals surface area contributed by atoms with Crippen molar-refractivity contribution in [3.05, 3.63) is 54.2 Å². The Labute approximate surface area is 213 Å². The van der Waals surface area contributed by atoms with Gasteiger partial charge in [0.05, 0.1) is 12.2 Å². The van der Waals surface area contributed by atoms with Gasteiger partial charge in [0.2, 0.25) is 0 Å². The SMILES string of the molecule is NCCOc1nccc(-c2cccc(CNCC[C@H]3CN(c4ccc5c(n4)NC(=O)CO5)C(=O)O3)c2)n1. The summed E-state index contributed by atoms with van der Waals surface area (Å²) in [6.45, 7) is 2.38. The van der Waals surface area contributed by atoms with Crippen LogP contribution in [0.25, 0.3) is 11.3 Å². The number of nitrogens with one attached hydrogen (secondary N) is 2. The Bertz CT molecular complexity index is 1290. The molecule has 0 aliphatic carbocycles. The van der Waals surface area contributed by atoms with Crippen LogP contribution in [0, 0.1) is 0 Å². The Morgan fingerprint density at radius 3 is 3.00 bits per heavy atom. The van der Waals surface area contributed by atoms with Crippen LogP contribution in [-0.4, -0.2) is 65.9 Å². The molecule has 0 radical (unpaired) electrons. The van der Waals surface area contributed by atoms with Gasteiger partial charge < -0.3 is 30.6 Å². The van der Waals surface area contributed by atoms with E-state index in [9.17, 15) is 9.59 Å². The Kier molecular flexibility index (Phi) is 7.38. The smallest absolute Gasteiger partial charge is 0.415 e. The predicted octanol–water partition coefficient (Wildman–Crippen LogP) is 1.71. The summed E-state index contributed by atoms with van der Waals surface area (Å²) in [7, 11) is 0. The first-order valence-electron chi connectivity index (χ1n) is 12.0. The maximum atomic E-state index is 12.4. The minimum Gasteiger partial charge on any atom is -0.480 e. The molecular weight excluding hydrogens is 478 g/mol. The number of carbonyl (C=O) groups is 2. The predicted molar refractivity (Wildman–Crippen MR) is 134 cm³/mol. The van der Waals surface area contributed by atoms with Gasteiger partial charge in [-0.2, -0.15) is 4.98 Å². The summed E-state index contributed by atoms with van der Waals surface area (Å²) in [6, 6.07) is 13.5. The molecule has 0 saturated carbocycles. The zero-order chi connectivity index (χ0) is 25.6. The molecule has 1 aromatic carbocycles. The number of ether oxygens (including phenoxy) is 3. The van der Waals surface area contributed by atoms with E-state index in [1.807, 2.05) is 24.3 Å². The van der Waals surface area contributed by atoms with Gasteiger partial charge in [0.25, 0.3) is 5.91 Å². The summed E-state index contributed by atoms with van der Waals surface area (Å²) >= 11 is 0. The largest absolute Gasteiger partial charge is 0.480 e. The van der Waals surface area contributed by atoms with Crippen LogP contribution < -0.4 is 30.7 Å². The average Bonchev–Trinajstić information content (AvgIpc) is 3.30. The number of nitrogens with zero attached hydrogens (tertiary/aromatic N) is 4. The topological polar surface area (TPSA) is 154 Å².